The van der Waals surface area contributed by atoms with Gasteiger partial charge < -0.3 is 0 Å². The largest absolute Gasteiger partial charge is 0.435 e. The Hall–Kier alpha value is -2.04. The van der Waals surface area contributed by atoms with Gasteiger partial charge in [-0.2, -0.15) is 18.3 Å². The number of rotatable bonds is 1. The average molecular weight is 322 g/mol. The lowest BCUT2D eigenvalue weighted by molar-refractivity contribution is -0.142. The lowest BCUT2D eigenvalue weighted by Gasteiger charge is -2.17. The van der Waals surface area contributed by atoms with E-state index in [1.54, 1.807) is 6.07 Å². The molecule has 0 N–H and O–H groups in total. The molecule has 0 bridgehead atoms. The van der Waals surface area contributed by atoms with Gasteiger partial charge in [0.05, 0.1) is 11.4 Å². The van der Waals surface area contributed by atoms with E-state index >= 15 is 0 Å². The van der Waals surface area contributed by atoms with Crippen molar-refractivity contribution in [3.8, 4) is 5.69 Å². The Morgan fingerprint density at radius 3 is 2.48 bits per heavy atom. The number of benzene rings is 1. The van der Waals surface area contributed by atoms with Crippen LogP contribution in [-0.2, 0) is 12.6 Å². The van der Waals surface area contributed by atoms with Crippen LogP contribution >= 0.6 is 0 Å². The number of nitrogens with zero attached hydrogens (tertiary/aromatic N) is 2. The molecule has 0 spiro atoms. The van der Waals surface area contributed by atoms with E-state index in [1.165, 1.54) is 4.68 Å². The number of halogens is 3. The van der Waals surface area contributed by atoms with E-state index in [9.17, 15) is 13.2 Å². The first-order valence-electron chi connectivity index (χ1n) is 7.82. The number of alkyl halides is 3. The van der Waals surface area contributed by atoms with Crippen LogP contribution in [0.25, 0.3) is 11.3 Å². The summed E-state index contributed by atoms with van der Waals surface area (Å²) in [4.78, 5) is 0. The van der Waals surface area contributed by atoms with Crippen molar-refractivity contribution in [1.29, 1.82) is 0 Å². The number of hydrogen-bond donors (Lipinski definition) is 0. The third-order valence-electron chi connectivity index (χ3n) is 3.74. The van der Waals surface area contributed by atoms with E-state index in [1.807, 2.05) is 39.0 Å². The molecule has 1 heterocycles. The number of aromatic nitrogens is 2. The lowest BCUT2D eigenvalue weighted by atomic mass is 9.92. The van der Waals surface area contributed by atoms with Crippen LogP contribution in [0, 0.1) is 6.92 Å². The third-order valence-corrected chi connectivity index (χ3v) is 3.74. The predicted octanol–water partition coefficient (Wildman–Crippen LogP) is 5.58. The van der Waals surface area contributed by atoms with Crippen LogP contribution in [0.1, 0.15) is 49.2 Å². The SMILES string of the molecule is C=C1CCCc2c(C(F)(F)F)nn(-c3cccc(C)c3)c21.CC. The van der Waals surface area contributed by atoms with Crippen molar-refractivity contribution >= 4 is 5.57 Å². The molecule has 3 rings (SSSR count). The fourth-order valence-corrected chi connectivity index (χ4v) is 2.82. The second kappa shape index (κ2) is 6.60. The molecule has 1 aliphatic carbocycles. The fraction of sp³-hybridized carbons (Fsp3) is 0.389. The van der Waals surface area contributed by atoms with Gasteiger partial charge in [-0.1, -0.05) is 32.6 Å². The second-order valence-corrected chi connectivity index (χ2v) is 5.38. The van der Waals surface area contributed by atoms with Crippen molar-refractivity contribution in [3.63, 3.8) is 0 Å². The van der Waals surface area contributed by atoms with Gasteiger partial charge in [0.1, 0.15) is 0 Å². The fourth-order valence-electron chi connectivity index (χ4n) is 2.82. The van der Waals surface area contributed by atoms with Gasteiger partial charge >= 0.3 is 6.18 Å². The molecule has 1 aliphatic rings. The van der Waals surface area contributed by atoms with Crippen molar-refractivity contribution in [1.82, 2.24) is 9.78 Å². The van der Waals surface area contributed by atoms with Gasteiger partial charge in [0.25, 0.3) is 0 Å². The van der Waals surface area contributed by atoms with E-state index in [4.69, 9.17) is 0 Å². The summed E-state index contributed by atoms with van der Waals surface area (Å²) in [6, 6.07) is 7.31. The lowest BCUT2D eigenvalue weighted by Crippen LogP contribution is -2.10. The molecule has 2 nitrogen and oxygen atoms in total. The summed E-state index contributed by atoms with van der Waals surface area (Å²) in [5.41, 5.74) is 2.37. The van der Waals surface area contributed by atoms with Crippen molar-refractivity contribution in [2.45, 2.75) is 46.2 Å². The topological polar surface area (TPSA) is 17.8 Å². The molecular formula is C18H21F3N2. The Kier molecular flexibility index (Phi) is 4.97. The van der Waals surface area contributed by atoms with Gasteiger partial charge in [-0.25, -0.2) is 4.68 Å². The van der Waals surface area contributed by atoms with Gasteiger partial charge in [-0.05, 0) is 49.5 Å². The highest BCUT2D eigenvalue weighted by molar-refractivity contribution is 5.68. The molecule has 2 aromatic rings. The highest BCUT2D eigenvalue weighted by Crippen LogP contribution is 2.40. The molecule has 1 aromatic heterocycles. The Morgan fingerprint density at radius 2 is 1.87 bits per heavy atom. The maximum absolute atomic E-state index is 13.2. The molecule has 0 fully saturated rings. The summed E-state index contributed by atoms with van der Waals surface area (Å²) < 4.78 is 41.0. The normalized spacial score (nSPS) is 14.1. The van der Waals surface area contributed by atoms with Gasteiger partial charge in [0.15, 0.2) is 5.69 Å². The van der Waals surface area contributed by atoms with Crippen LogP contribution in [0.5, 0.6) is 0 Å². The first kappa shape index (κ1) is 17.3. The minimum absolute atomic E-state index is 0.278. The Labute approximate surface area is 134 Å². The highest BCUT2D eigenvalue weighted by Gasteiger charge is 2.40. The van der Waals surface area contributed by atoms with Gasteiger partial charge in [-0.15, -0.1) is 0 Å². The van der Waals surface area contributed by atoms with Gasteiger partial charge in [-0.3, -0.25) is 0 Å². The second-order valence-electron chi connectivity index (χ2n) is 5.38. The average Bonchev–Trinajstić information content (AvgIpc) is 2.90. The van der Waals surface area contributed by atoms with Crippen LogP contribution < -0.4 is 0 Å². The molecule has 0 saturated heterocycles. The van der Waals surface area contributed by atoms with E-state index in [-0.39, 0.29) is 5.56 Å². The maximum Gasteiger partial charge on any atom is 0.435 e. The number of hydrogen-bond acceptors (Lipinski definition) is 1. The monoisotopic (exact) mass is 322 g/mol. The summed E-state index contributed by atoms with van der Waals surface area (Å²) in [7, 11) is 0. The summed E-state index contributed by atoms with van der Waals surface area (Å²) in [6.45, 7) is 9.83. The van der Waals surface area contributed by atoms with E-state index in [0.29, 0.717) is 30.6 Å². The minimum atomic E-state index is -4.43. The molecule has 1 aromatic carbocycles. The maximum atomic E-state index is 13.2. The standard InChI is InChI=1S/C16H15F3N2.C2H6/c1-10-5-3-7-12(9-10)21-14-11(2)6-4-8-13(14)15(20-21)16(17,18)19;1-2/h3,5,7,9H,2,4,6,8H2,1H3;1-2H3. The van der Waals surface area contributed by atoms with E-state index in [0.717, 1.165) is 11.1 Å². The van der Waals surface area contributed by atoms with Crippen LogP contribution in [-0.4, -0.2) is 9.78 Å². The zero-order valence-corrected chi connectivity index (χ0v) is 13.7. The highest BCUT2D eigenvalue weighted by atomic mass is 19.4. The van der Waals surface area contributed by atoms with Crippen LogP contribution in [0.3, 0.4) is 0 Å². The van der Waals surface area contributed by atoms with Gasteiger partial charge in [0.2, 0.25) is 0 Å². The van der Waals surface area contributed by atoms with E-state index in [2.05, 4.69) is 11.7 Å². The van der Waals surface area contributed by atoms with Crippen LogP contribution in [0.4, 0.5) is 13.2 Å². The molecule has 23 heavy (non-hydrogen) atoms. The molecular weight excluding hydrogens is 301 g/mol. The molecule has 0 radical (unpaired) electrons. The quantitative estimate of drug-likeness (QED) is 0.670. The zero-order chi connectivity index (χ0) is 17.2. The predicted molar refractivity (Wildman–Crippen MR) is 86.6 cm³/mol. The number of fused-ring (bicyclic) bond motifs is 1. The van der Waals surface area contributed by atoms with Crippen LogP contribution in [0.15, 0.2) is 30.8 Å². The van der Waals surface area contributed by atoms with Crippen molar-refractivity contribution in [3.05, 3.63) is 53.4 Å². The molecule has 0 atom stereocenters. The smallest absolute Gasteiger partial charge is 0.233 e. The van der Waals surface area contributed by atoms with E-state index < -0.39 is 11.9 Å². The molecule has 0 unspecified atom stereocenters. The first-order chi connectivity index (χ1) is 10.9. The molecule has 124 valence electrons. The molecule has 0 saturated carbocycles. The summed E-state index contributed by atoms with van der Waals surface area (Å²) in [6.07, 6.45) is -2.64. The molecule has 0 amide bonds. The third kappa shape index (κ3) is 3.33. The first-order valence-corrected chi connectivity index (χ1v) is 7.82. The van der Waals surface area contributed by atoms with Crippen molar-refractivity contribution in [2.24, 2.45) is 0 Å². The summed E-state index contributed by atoms with van der Waals surface area (Å²) >= 11 is 0. The number of allylic oxidation sites excluding steroid dienone is 1. The Balaban J connectivity index is 0.000000924. The minimum Gasteiger partial charge on any atom is -0.233 e. The Bertz CT molecular complexity index is 712. The Morgan fingerprint density at radius 1 is 1.17 bits per heavy atom. The zero-order valence-electron chi connectivity index (χ0n) is 13.7. The summed E-state index contributed by atoms with van der Waals surface area (Å²) in [5, 5.41) is 3.86. The van der Waals surface area contributed by atoms with Crippen molar-refractivity contribution < 1.29 is 13.2 Å². The van der Waals surface area contributed by atoms with Gasteiger partial charge in [0, 0.05) is 5.56 Å². The summed E-state index contributed by atoms with van der Waals surface area (Å²) in [5.74, 6) is 0. The molecule has 0 aliphatic heterocycles. The van der Waals surface area contributed by atoms with Crippen LogP contribution in [0.2, 0.25) is 0 Å². The van der Waals surface area contributed by atoms with Crippen molar-refractivity contribution in [2.75, 3.05) is 0 Å². The number of aryl methyl sites for hydroxylation is 1. The molecule has 5 heteroatoms.